The van der Waals surface area contributed by atoms with Crippen LogP contribution in [0, 0.1) is 0 Å². The molecule has 4 heteroatoms. The Morgan fingerprint density at radius 2 is 2.18 bits per heavy atom. The second-order valence-electron chi connectivity index (χ2n) is 4.84. The molecule has 1 aliphatic carbocycles. The summed E-state index contributed by atoms with van der Waals surface area (Å²) in [4.78, 5) is 11.6. The molecule has 3 atom stereocenters. The van der Waals surface area contributed by atoms with Crippen molar-refractivity contribution in [2.24, 2.45) is 0 Å². The molecule has 17 heavy (non-hydrogen) atoms. The van der Waals surface area contributed by atoms with Gasteiger partial charge in [0.1, 0.15) is 5.60 Å². The summed E-state index contributed by atoms with van der Waals surface area (Å²) in [5.41, 5.74) is -0.0788. The number of carbonyl (C=O) groups is 1. The number of ether oxygens (including phenoxy) is 2. The van der Waals surface area contributed by atoms with E-state index in [-0.39, 0.29) is 12.1 Å². The molecule has 1 rings (SSSR count). The Kier molecular flexibility index (Phi) is 5.07. The summed E-state index contributed by atoms with van der Waals surface area (Å²) in [5, 5.41) is 0.594. The molecule has 98 valence electrons. The van der Waals surface area contributed by atoms with E-state index in [2.05, 4.69) is 12.8 Å². The number of hydrogen-bond donors (Lipinski definition) is 0. The standard InChI is InChI=1S/C13H22O3S/c1-9(2)12(14)16-13(3)7-6-10(17-5)8-11(13)15-4/h10-11H,1,6-8H2,2-5H3. The summed E-state index contributed by atoms with van der Waals surface area (Å²) in [6.45, 7) is 7.24. The van der Waals surface area contributed by atoms with Crippen molar-refractivity contribution in [3.63, 3.8) is 0 Å². The quantitative estimate of drug-likeness (QED) is 0.574. The van der Waals surface area contributed by atoms with Gasteiger partial charge in [0.05, 0.1) is 6.10 Å². The highest BCUT2D eigenvalue weighted by molar-refractivity contribution is 7.99. The highest BCUT2D eigenvalue weighted by atomic mass is 32.2. The molecule has 1 saturated carbocycles. The lowest BCUT2D eigenvalue weighted by molar-refractivity contribution is -0.174. The van der Waals surface area contributed by atoms with Crippen LogP contribution in [0.15, 0.2) is 12.2 Å². The summed E-state index contributed by atoms with van der Waals surface area (Å²) < 4.78 is 11.1. The third-order valence-electron chi connectivity index (χ3n) is 3.41. The predicted molar refractivity (Wildman–Crippen MR) is 71.3 cm³/mol. The summed E-state index contributed by atoms with van der Waals surface area (Å²) in [7, 11) is 1.68. The number of hydrogen-bond acceptors (Lipinski definition) is 4. The first kappa shape index (κ1) is 14.6. The smallest absolute Gasteiger partial charge is 0.333 e. The Morgan fingerprint density at radius 1 is 1.53 bits per heavy atom. The highest BCUT2D eigenvalue weighted by Gasteiger charge is 2.43. The molecule has 0 aromatic heterocycles. The van der Waals surface area contributed by atoms with Crippen LogP contribution in [0.4, 0.5) is 0 Å². The Bertz CT molecular complexity index is 303. The third kappa shape index (κ3) is 3.49. The molecule has 0 amide bonds. The molecule has 0 aliphatic heterocycles. The van der Waals surface area contributed by atoms with Gasteiger partial charge in [-0.25, -0.2) is 4.79 Å². The van der Waals surface area contributed by atoms with E-state index >= 15 is 0 Å². The number of rotatable bonds is 4. The van der Waals surface area contributed by atoms with E-state index < -0.39 is 5.60 Å². The van der Waals surface area contributed by atoms with Crippen molar-refractivity contribution in [2.75, 3.05) is 13.4 Å². The fourth-order valence-electron chi connectivity index (χ4n) is 2.19. The zero-order valence-corrected chi connectivity index (χ0v) is 11.9. The van der Waals surface area contributed by atoms with Crippen molar-refractivity contribution in [1.82, 2.24) is 0 Å². The fourth-order valence-corrected chi connectivity index (χ4v) is 2.91. The van der Waals surface area contributed by atoms with Gasteiger partial charge in [-0.1, -0.05) is 6.58 Å². The maximum Gasteiger partial charge on any atom is 0.333 e. The monoisotopic (exact) mass is 258 g/mol. The molecule has 1 aliphatic rings. The van der Waals surface area contributed by atoms with Gasteiger partial charge in [-0.2, -0.15) is 11.8 Å². The molecule has 1 fully saturated rings. The van der Waals surface area contributed by atoms with Gasteiger partial charge in [0, 0.05) is 17.9 Å². The van der Waals surface area contributed by atoms with Crippen LogP contribution in [0.1, 0.15) is 33.1 Å². The van der Waals surface area contributed by atoms with Gasteiger partial charge in [0.25, 0.3) is 0 Å². The van der Waals surface area contributed by atoms with E-state index in [1.165, 1.54) is 0 Å². The van der Waals surface area contributed by atoms with Crippen LogP contribution in [0.2, 0.25) is 0 Å². The lowest BCUT2D eigenvalue weighted by Gasteiger charge is -2.42. The largest absolute Gasteiger partial charge is 0.453 e. The van der Waals surface area contributed by atoms with Crippen LogP contribution in [0.25, 0.3) is 0 Å². The van der Waals surface area contributed by atoms with Crippen LogP contribution in [-0.4, -0.2) is 36.3 Å². The maximum absolute atomic E-state index is 11.6. The number of carbonyl (C=O) groups excluding carboxylic acids is 1. The van der Waals surface area contributed by atoms with E-state index in [0.29, 0.717) is 10.8 Å². The first-order valence-electron chi connectivity index (χ1n) is 5.87. The van der Waals surface area contributed by atoms with Crippen LogP contribution >= 0.6 is 11.8 Å². The molecule has 0 spiro atoms. The molecule has 0 radical (unpaired) electrons. The average Bonchev–Trinajstić information content (AvgIpc) is 2.29. The molecular weight excluding hydrogens is 236 g/mol. The first-order chi connectivity index (χ1) is 7.92. The molecule has 0 aromatic carbocycles. The predicted octanol–water partition coefficient (Wildman–Crippen LogP) is 2.79. The topological polar surface area (TPSA) is 35.5 Å². The minimum atomic E-state index is -0.517. The van der Waals surface area contributed by atoms with Crippen molar-refractivity contribution in [1.29, 1.82) is 0 Å². The lowest BCUT2D eigenvalue weighted by Crippen LogP contribution is -2.49. The summed E-state index contributed by atoms with van der Waals surface area (Å²) in [6.07, 6.45) is 4.91. The first-order valence-corrected chi connectivity index (χ1v) is 7.16. The van der Waals surface area contributed by atoms with E-state index in [0.717, 1.165) is 19.3 Å². The zero-order valence-electron chi connectivity index (χ0n) is 11.1. The van der Waals surface area contributed by atoms with Crippen molar-refractivity contribution in [2.45, 2.75) is 50.1 Å². The van der Waals surface area contributed by atoms with E-state index in [1.54, 1.807) is 14.0 Å². The number of esters is 1. The van der Waals surface area contributed by atoms with Crippen LogP contribution in [0.5, 0.6) is 0 Å². The molecule has 0 saturated heterocycles. The van der Waals surface area contributed by atoms with E-state index in [1.807, 2.05) is 18.7 Å². The van der Waals surface area contributed by atoms with Crippen LogP contribution < -0.4 is 0 Å². The summed E-state index contributed by atoms with van der Waals surface area (Å²) in [5.74, 6) is -0.322. The second kappa shape index (κ2) is 5.91. The molecule has 3 unspecified atom stereocenters. The van der Waals surface area contributed by atoms with Crippen molar-refractivity contribution in [3.8, 4) is 0 Å². The molecule has 0 bridgehead atoms. The zero-order chi connectivity index (χ0) is 13.1. The Balaban J connectivity index is 2.73. The molecular formula is C13H22O3S. The van der Waals surface area contributed by atoms with Crippen LogP contribution in [0.3, 0.4) is 0 Å². The molecule has 0 N–H and O–H groups in total. The molecule has 0 aromatic rings. The summed E-state index contributed by atoms with van der Waals surface area (Å²) >= 11 is 1.85. The van der Waals surface area contributed by atoms with Gasteiger partial charge in [0.2, 0.25) is 0 Å². The fraction of sp³-hybridized carbons (Fsp3) is 0.769. The van der Waals surface area contributed by atoms with Gasteiger partial charge in [0.15, 0.2) is 0 Å². The Hall–Kier alpha value is -0.480. The SMILES string of the molecule is C=C(C)C(=O)OC1(C)CCC(SC)CC1OC. The van der Waals surface area contributed by atoms with Gasteiger partial charge < -0.3 is 9.47 Å². The number of thioether (sulfide) groups is 1. The minimum absolute atomic E-state index is 0.0306. The molecule has 3 nitrogen and oxygen atoms in total. The van der Waals surface area contributed by atoms with Crippen molar-refractivity contribution in [3.05, 3.63) is 12.2 Å². The maximum atomic E-state index is 11.6. The van der Waals surface area contributed by atoms with Crippen molar-refractivity contribution < 1.29 is 14.3 Å². The lowest BCUT2D eigenvalue weighted by atomic mass is 9.83. The normalized spacial score (nSPS) is 33.2. The van der Waals surface area contributed by atoms with E-state index in [4.69, 9.17) is 9.47 Å². The third-order valence-corrected chi connectivity index (χ3v) is 4.51. The van der Waals surface area contributed by atoms with Crippen molar-refractivity contribution >= 4 is 17.7 Å². The van der Waals surface area contributed by atoms with E-state index in [9.17, 15) is 4.79 Å². The Labute approximate surface area is 108 Å². The number of methoxy groups -OCH3 is 1. The average molecular weight is 258 g/mol. The Morgan fingerprint density at radius 3 is 2.65 bits per heavy atom. The van der Waals surface area contributed by atoms with Gasteiger partial charge in [-0.15, -0.1) is 0 Å². The second-order valence-corrected chi connectivity index (χ2v) is 5.98. The molecule has 0 heterocycles. The highest BCUT2D eigenvalue weighted by Crippen LogP contribution is 2.38. The summed E-state index contributed by atoms with van der Waals surface area (Å²) in [6, 6.07) is 0. The minimum Gasteiger partial charge on any atom is -0.453 e. The van der Waals surface area contributed by atoms with Gasteiger partial charge in [-0.3, -0.25) is 0 Å². The van der Waals surface area contributed by atoms with Gasteiger partial charge in [-0.05, 0) is 39.4 Å². The van der Waals surface area contributed by atoms with Gasteiger partial charge >= 0.3 is 5.97 Å². The van der Waals surface area contributed by atoms with Crippen LogP contribution in [-0.2, 0) is 14.3 Å².